The Morgan fingerprint density at radius 2 is 1.95 bits per heavy atom. The van der Waals surface area contributed by atoms with Crippen LogP contribution in [0.2, 0.25) is 5.02 Å². The molecular formula is C16H16ClNO3S. The highest BCUT2D eigenvalue weighted by molar-refractivity contribution is 7.92. The number of sulfonamides is 1. The topological polar surface area (TPSA) is 46.6 Å². The second kappa shape index (κ2) is 6.28. The summed E-state index contributed by atoms with van der Waals surface area (Å²) in [7, 11) is -3.44. The molecule has 4 nitrogen and oxygen atoms in total. The van der Waals surface area contributed by atoms with E-state index in [9.17, 15) is 8.42 Å². The lowest BCUT2D eigenvalue weighted by atomic mass is 10.1. The van der Waals surface area contributed by atoms with Gasteiger partial charge in [0.25, 0.3) is 0 Å². The number of anilines is 1. The van der Waals surface area contributed by atoms with Crippen LogP contribution in [0, 0.1) is 0 Å². The van der Waals surface area contributed by atoms with Crippen molar-refractivity contribution >= 4 is 27.3 Å². The van der Waals surface area contributed by atoms with Crippen LogP contribution in [0.3, 0.4) is 0 Å². The normalized spacial score (nSPS) is 17.4. The first-order valence-electron chi connectivity index (χ1n) is 6.97. The van der Waals surface area contributed by atoms with Gasteiger partial charge in [-0.15, -0.1) is 0 Å². The molecule has 6 heteroatoms. The van der Waals surface area contributed by atoms with Gasteiger partial charge in [-0.25, -0.2) is 8.42 Å². The van der Waals surface area contributed by atoms with Crippen LogP contribution >= 0.6 is 11.6 Å². The molecule has 0 aliphatic carbocycles. The van der Waals surface area contributed by atoms with Crippen molar-refractivity contribution < 1.29 is 13.2 Å². The van der Waals surface area contributed by atoms with E-state index in [1.165, 1.54) is 4.31 Å². The number of ether oxygens (including phenoxy) is 1. The standard InChI is InChI=1S/C16H16ClNO3S/c17-15-6-3-4-13(10-15)11-18-16-7-2-1-5-14(16)12-21-8-9-22(18,19)20/h1-7,10H,8-9,11-12H2. The minimum Gasteiger partial charge on any atom is -0.376 e. The zero-order chi connectivity index (χ0) is 15.6. The second-order valence-corrected chi connectivity index (χ2v) is 7.58. The molecule has 2 aromatic carbocycles. The van der Waals surface area contributed by atoms with Crippen LogP contribution in [0.1, 0.15) is 11.1 Å². The fourth-order valence-electron chi connectivity index (χ4n) is 2.47. The molecule has 1 heterocycles. The van der Waals surface area contributed by atoms with Crippen molar-refractivity contribution in [2.24, 2.45) is 0 Å². The lowest BCUT2D eigenvalue weighted by Crippen LogP contribution is -2.36. The van der Waals surface area contributed by atoms with Gasteiger partial charge in [0, 0.05) is 10.6 Å². The Hall–Kier alpha value is -1.56. The van der Waals surface area contributed by atoms with E-state index in [2.05, 4.69) is 0 Å². The maximum absolute atomic E-state index is 12.6. The third kappa shape index (κ3) is 3.27. The maximum atomic E-state index is 12.6. The molecule has 2 aromatic rings. The van der Waals surface area contributed by atoms with E-state index < -0.39 is 10.0 Å². The number of para-hydroxylation sites is 1. The van der Waals surface area contributed by atoms with Gasteiger partial charge < -0.3 is 4.74 Å². The summed E-state index contributed by atoms with van der Waals surface area (Å²) in [6.45, 7) is 0.875. The number of halogens is 1. The van der Waals surface area contributed by atoms with E-state index in [1.807, 2.05) is 36.4 Å². The predicted octanol–water partition coefficient (Wildman–Crippen LogP) is 3.21. The summed E-state index contributed by atoms with van der Waals surface area (Å²) in [6, 6.07) is 14.7. The van der Waals surface area contributed by atoms with Crippen molar-refractivity contribution in [3.05, 3.63) is 64.7 Å². The van der Waals surface area contributed by atoms with Crippen molar-refractivity contribution in [1.82, 2.24) is 0 Å². The summed E-state index contributed by atoms with van der Waals surface area (Å²) in [5, 5.41) is 0.596. The van der Waals surface area contributed by atoms with Gasteiger partial charge in [-0.2, -0.15) is 0 Å². The maximum Gasteiger partial charge on any atom is 0.237 e. The monoisotopic (exact) mass is 337 g/mol. The van der Waals surface area contributed by atoms with Crippen molar-refractivity contribution in [2.45, 2.75) is 13.2 Å². The van der Waals surface area contributed by atoms with Gasteiger partial charge in [-0.3, -0.25) is 4.31 Å². The molecule has 0 unspecified atom stereocenters. The first-order valence-corrected chi connectivity index (χ1v) is 8.95. The summed E-state index contributed by atoms with van der Waals surface area (Å²) in [5.74, 6) is -0.0259. The number of rotatable bonds is 2. The molecule has 0 amide bonds. The third-order valence-corrected chi connectivity index (χ3v) is 5.47. The van der Waals surface area contributed by atoms with Crippen molar-refractivity contribution in [1.29, 1.82) is 0 Å². The molecule has 0 N–H and O–H groups in total. The van der Waals surface area contributed by atoms with Gasteiger partial charge in [-0.1, -0.05) is 41.9 Å². The Morgan fingerprint density at radius 3 is 2.77 bits per heavy atom. The number of hydrogen-bond acceptors (Lipinski definition) is 3. The zero-order valence-electron chi connectivity index (χ0n) is 11.9. The Kier molecular flexibility index (Phi) is 4.38. The SMILES string of the molecule is O=S1(=O)CCOCc2ccccc2N1Cc1cccc(Cl)c1. The van der Waals surface area contributed by atoms with Gasteiger partial charge in [0.2, 0.25) is 10.0 Å². The molecule has 0 bridgehead atoms. The Balaban J connectivity index is 2.05. The van der Waals surface area contributed by atoms with Crippen LogP contribution < -0.4 is 4.31 Å². The molecule has 0 atom stereocenters. The van der Waals surface area contributed by atoms with E-state index in [0.29, 0.717) is 17.3 Å². The van der Waals surface area contributed by atoms with Crippen LogP contribution in [-0.2, 0) is 27.9 Å². The molecule has 0 saturated carbocycles. The molecule has 0 radical (unpaired) electrons. The highest BCUT2D eigenvalue weighted by Crippen LogP contribution is 2.28. The largest absolute Gasteiger partial charge is 0.376 e. The Morgan fingerprint density at radius 1 is 1.14 bits per heavy atom. The van der Waals surface area contributed by atoms with E-state index >= 15 is 0 Å². The summed E-state index contributed by atoms with van der Waals surface area (Å²) in [4.78, 5) is 0. The smallest absolute Gasteiger partial charge is 0.237 e. The fraction of sp³-hybridized carbons (Fsp3) is 0.250. The van der Waals surface area contributed by atoms with E-state index in [4.69, 9.17) is 16.3 Å². The summed E-state index contributed by atoms with van der Waals surface area (Å²) >= 11 is 6.00. The van der Waals surface area contributed by atoms with E-state index in [0.717, 1.165) is 11.1 Å². The molecule has 0 saturated heterocycles. The van der Waals surface area contributed by atoms with Crippen LogP contribution in [0.15, 0.2) is 48.5 Å². The number of hydrogen-bond donors (Lipinski definition) is 0. The summed E-state index contributed by atoms with van der Waals surface area (Å²) < 4.78 is 32.1. The number of benzene rings is 2. The molecule has 0 aromatic heterocycles. The minimum absolute atomic E-state index is 0.0259. The van der Waals surface area contributed by atoms with Crippen LogP contribution in [-0.4, -0.2) is 20.8 Å². The lowest BCUT2D eigenvalue weighted by molar-refractivity contribution is 0.135. The average Bonchev–Trinajstić information content (AvgIpc) is 2.49. The molecule has 0 spiro atoms. The number of fused-ring (bicyclic) bond motifs is 1. The van der Waals surface area contributed by atoms with E-state index in [-0.39, 0.29) is 18.9 Å². The van der Waals surface area contributed by atoms with Gasteiger partial charge in [-0.05, 0) is 23.8 Å². The van der Waals surface area contributed by atoms with Crippen molar-refractivity contribution in [3.63, 3.8) is 0 Å². The van der Waals surface area contributed by atoms with Gasteiger partial charge in [0.05, 0.1) is 31.2 Å². The second-order valence-electron chi connectivity index (χ2n) is 5.13. The van der Waals surface area contributed by atoms with E-state index in [1.54, 1.807) is 12.1 Å². The van der Waals surface area contributed by atoms with Crippen LogP contribution in [0.25, 0.3) is 0 Å². The first-order chi connectivity index (χ1) is 10.6. The lowest BCUT2D eigenvalue weighted by Gasteiger charge is -2.28. The first kappa shape index (κ1) is 15.3. The van der Waals surface area contributed by atoms with Crippen molar-refractivity contribution in [3.8, 4) is 0 Å². The van der Waals surface area contributed by atoms with Crippen LogP contribution in [0.4, 0.5) is 5.69 Å². The number of nitrogens with zero attached hydrogens (tertiary/aromatic N) is 1. The van der Waals surface area contributed by atoms with Gasteiger partial charge >= 0.3 is 0 Å². The van der Waals surface area contributed by atoms with Crippen molar-refractivity contribution in [2.75, 3.05) is 16.7 Å². The zero-order valence-corrected chi connectivity index (χ0v) is 13.5. The van der Waals surface area contributed by atoms with Crippen LogP contribution in [0.5, 0.6) is 0 Å². The molecular weight excluding hydrogens is 322 g/mol. The highest BCUT2D eigenvalue weighted by atomic mass is 35.5. The summed E-state index contributed by atoms with van der Waals surface area (Å²) in [5.41, 5.74) is 2.39. The Bertz CT molecular complexity index is 776. The third-order valence-electron chi connectivity index (χ3n) is 3.55. The highest BCUT2D eigenvalue weighted by Gasteiger charge is 2.26. The molecule has 0 fully saturated rings. The molecule has 3 rings (SSSR count). The predicted molar refractivity (Wildman–Crippen MR) is 87.5 cm³/mol. The fourth-order valence-corrected chi connectivity index (χ4v) is 4.05. The Labute approximate surface area is 135 Å². The summed E-state index contributed by atoms with van der Waals surface area (Å²) in [6.07, 6.45) is 0. The molecule has 1 aliphatic rings. The van der Waals surface area contributed by atoms with Gasteiger partial charge in [0.1, 0.15) is 0 Å². The average molecular weight is 338 g/mol. The molecule has 116 valence electrons. The molecule has 22 heavy (non-hydrogen) atoms. The minimum atomic E-state index is -3.44. The quantitative estimate of drug-likeness (QED) is 0.845. The molecule has 1 aliphatic heterocycles. The van der Waals surface area contributed by atoms with Gasteiger partial charge in [0.15, 0.2) is 0 Å².